The number of likely N-dealkylation sites (tertiary alicyclic amines) is 1. The van der Waals surface area contributed by atoms with Gasteiger partial charge in [0.15, 0.2) is 17.4 Å². The third-order valence-corrected chi connectivity index (χ3v) is 5.25. The average molecular weight is 372 g/mol. The third kappa shape index (κ3) is 3.21. The van der Waals surface area contributed by atoms with Gasteiger partial charge in [0, 0.05) is 13.1 Å². The van der Waals surface area contributed by atoms with Crippen LogP contribution in [0.25, 0.3) is 10.6 Å². The molecule has 0 unspecified atom stereocenters. The Morgan fingerprint density at radius 1 is 1.36 bits per heavy atom. The van der Waals surface area contributed by atoms with E-state index < -0.39 is 34.9 Å². The number of benzene rings is 1. The first kappa shape index (κ1) is 17.7. The minimum absolute atomic E-state index is 0.0415. The molecule has 2 aromatic rings. The second-order valence-electron chi connectivity index (χ2n) is 6.00. The van der Waals surface area contributed by atoms with Crippen LogP contribution in [0.2, 0.25) is 0 Å². The Labute approximate surface area is 145 Å². The summed E-state index contributed by atoms with van der Waals surface area (Å²) in [4.78, 5) is 18.2. The smallest absolute Gasteiger partial charge is 0.265 e. The molecule has 2 atom stereocenters. The molecule has 1 fully saturated rings. The molecule has 5 nitrogen and oxygen atoms in total. The van der Waals surface area contributed by atoms with E-state index in [4.69, 9.17) is 0 Å². The van der Waals surface area contributed by atoms with Crippen LogP contribution in [0.1, 0.15) is 23.0 Å². The highest BCUT2D eigenvalue weighted by atomic mass is 32.1. The number of aliphatic hydroxyl groups excluding tert-OH is 1. The van der Waals surface area contributed by atoms with Crippen molar-refractivity contribution in [1.29, 1.82) is 0 Å². The number of phenols is 1. The van der Waals surface area contributed by atoms with Crippen LogP contribution in [0.3, 0.4) is 0 Å². The van der Waals surface area contributed by atoms with Crippen molar-refractivity contribution in [2.45, 2.75) is 19.4 Å². The van der Waals surface area contributed by atoms with Gasteiger partial charge in [-0.25, -0.2) is 13.8 Å². The van der Waals surface area contributed by atoms with E-state index in [1.54, 1.807) is 4.90 Å². The summed E-state index contributed by atoms with van der Waals surface area (Å²) in [6.45, 7) is 2.60. The second kappa shape index (κ2) is 6.64. The SMILES string of the molecule is C[C@@H]1CN(C(=O)c2cnc(-c3cc(F)c(F)c(O)c3F)s2)CC[C@H]1O. The predicted molar refractivity (Wildman–Crippen MR) is 84.8 cm³/mol. The Balaban J connectivity index is 1.87. The number of piperidine rings is 1. The molecule has 2 heterocycles. The summed E-state index contributed by atoms with van der Waals surface area (Å²) in [6, 6.07) is 0.594. The number of nitrogens with zero attached hydrogens (tertiary/aromatic N) is 2. The van der Waals surface area contributed by atoms with Gasteiger partial charge in [-0.2, -0.15) is 4.39 Å². The zero-order valence-corrected chi connectivity index (χ0v) is 14.0. The molecule has 0 bridgehead atoms. The molecule has 0 spiro atoms. The molecule has 2 N–H and O–H groups in total. The van der Waals surface area contributed by atoms with Crippen LogP contribution >= 0.6 is 11.3 Å². The van der Waals surface area contributed by atoms with Crippen LogP contribution in [0.4, 0.5) is 13.2 Å². The maximum atomic E-state index is 14.0. The lowest BCUT2D eigenvalue weighted by atomic mass is 9.97. The summed E-state index contributed by atoms with van der Waals surface area (Å²) >= 11 is 0.822. The average Bonchev–Trinajstić information content (AvgIpc) is 3.07. The molecule has 1 aliphatic rings. The number of carbonyl (C=O) groups is 1. The summed E-state index contributed by atoms with van der Waals surface area (Å²) in [6.07, 6.45) is 1.24. The molecular formula is C16H15F3N2O3S. The molecule has 134 valence electrons. The highest BCUT2D eigenvalue weighted by Gasteiger charge is 2.29. The fourth-order valence-corrected chi connectivity index (χ4v) is 3.61. The van der Waals surface area contributed by atoms with Gasteiger partial charge in [0.1, 0.15) is 9.88 Å². The number of aromatic hydroxyl groups is 1. The molecule has 0 aliphatic carbocycles. The van der Waals surface area contributed by atoms with Gasteiger partial charge in [0.05, 0.1) is 17.9 Å². The fourth-order valence-electron chi connectivity index (χ4n) is 2.72. The van der Waals surface area contributed by atoms with Crippen LogP contribution in [-0.4, -0.2) is 45.2 Å². The van der Waals surface area contributed by atoms with E-state index in [9.17, 15) is 28.2 Å². The van der Waals surface area contributed by atoms with Crippen molar-refractivity contribution in [2.24, 2.45) is 5.92 Å². The number of aliphatic hydroxyl groups is 1. The largest absolute Gasteiger partial charge is 0.503 e. The van der Waals surface area contributed by atoms with Gasteiger partial charge in [0.25, 0.3) is 5.91 Å². The topological polar surface area (TPSA) is 73.7 Å². The van der Waals surface area contributed by atoms with Crippen molar-refractivity contribution < 1.29 is 28.2 Å². The Bertz CT molecular complexity index is 827. The van der Waals surface area contributed by atoms with E-state index in [1.165, 1.54) is 6.20 Å². The highest BCUT2D eigenvalue weighted by Crippen LogP contribution is 2.35. The van der Waals surface area contributed by atoms with Crippen LogP contribution in [-0.2, 0) is 0 Å². The van der Waals surface area contributed by atoms with E-state index in [1.807, 2.05) is 6.92 Å². The van der Waals surface area contributed by atoms with Crippen molar-refractivity contribution in [2.75, 3.05) is 13.1 Å². The Kier molecular flexibility index (Phi) is 4.70. The number of halogens is 3. The second-order valence-corrected chi connectivity index (χ2v) is 7.03. The third-order valence-electron chi connectivity index (χ3n) is 4.23. The van der Waals surface area contributed by atoms with Crippen LogP contribution in [0.5, 0.6) is 5.75 Å². The number of rotatable bonds is 2. The lowest BCUT2D eigenvalue weighted by molar-refractivity contribution is 0.0300. The summed E-state index contributed by atoms with van der Waals surface area (Å²) in [5.74, 6) is -6.22. The number of carbonyl (C=O) groups excluding carboxylic acids is 1. The summed E-state index contributed by atoms with van der Waals surface area (Å²) in [5.41, 5.74) is -0.414. The first-order chi connectivity index (χ1) is 11.8. The van der Waals surface area contributed by atoms with Crippen molar-refractivity contribution in [3.63, 3.8) is 0 Å². The first-order valence-electron chi connectivity index (χ1n) is 7.59. The standard InChI is InChI=1S/C16H15F3N2O3S/c1-7-6-21(3-2-10(7)22)16(24)11-5-20-15(25-11)8-4-9(17)13(19)14(23)12(8)18/h4-5,7,10,22-23H,2-3,6H2,1H3/t7-,10-/m1/s1. The molecule has 3 rings (SSSR count). The minimum Gasteiger partial charge on any atom is -0.503 e. The van der Waals surface area contributed by atoms with E-state index in [-0.39, 0.29) is 21.7 Å². The van der Waals surface area contributed by atoms with Gasteiger partial charge < -0.3 is 15.1 Å². The Hall–Kier alpha value is -2.13. The Morgan fingerprint density at radius 2 is 2.08 bits per heavy atom. The number of thiazole rings is 1. The molecule has 1 aromatic carbocycles. The van der Waals surface area contributed by atoms with Crippen LogP contribution < -0.4 is 0 Å². The molecule has 1 aromatic heterocycles. The number of amides is 1. The summed E-state index contributed by atoms with van der Waals surface area (Å²) in [5, 5.41) is 19.0. The van der Waals surface area contributed by atoms with Gasteiger partial charge in [-0.05, 0) is 18.4 Å². The fraction of sp³-hybridized carbons (Fsp3) is 0.375. The number of hydrogen-bond acceptors (Lipinski definition) is 5. The number of aromatic nitrogens is 1. The zero-order valence-electron chi connectivity index (χ0n) is 13.2. The molecule has 0 radical (unpaired) electrons. The minimum atomic E-state index is -1.67. The normalized spacial score (nSPS) is 20.8. The zero-order chi connectivity index (χ0) is 18.3. The molecule has 25 heavy (non-hydrogen) atoms. The number of phenolic OH excluding ortho intramolecular Hbond substituents is 1. The molecule has 1 aliphatic heterocycles. The molecule has 9 heteroatoms. The molecule has 0 saturated carbocycles. The van der Waals surface area contributed by atoms with Crippen molar-refractivity contribution in [3.05, 3.63) is 34.6 Å². The lowest BCUT2D eigenvalue weighted by Gasteiger charge is -2.34. The summed E-state index contributed by atoms with van der Waals surface area (Å²) in [7, 11) is 0. The molecule has 1 amide bonds. The molecule has 1 saturated heterocycles. The number of hydrogen-bond donors (Lipinski definition) is 2. The van der Waals surface area contributed by atoms with Crippen molar-refractivity contribution in [1.82, 2.24) is 9.88 Å². The first-order valence-corrected chi connectivity index (χ1v) is 8.41. The monoisotopic (exact) mass is 372 g/mol. The van der Waals surface area contributed by atoms with Crippen LogP contribution in [0, 0.1) is 23.4 Å². The molecular weight excluding hydrogens is 357 g/mol. The van der Waals surface area contributed by atoms with E-state index in [0.29, 0.717) is 25.6 Å². The van der Waals surface area contributed by atoms with Gasteiger partial charge >= 0.3 is 0 Å². The van der Waals surface area contributed by atoms with E-state index >= 15 is 0 Å². The highest BCUT2D eigenvalue weighted by molar-refractivity contribution is 7.16. The van der Waals surface area contributed by atoms with E-state index in [0.717, 1.165) is 11.3 Å². The van der Waals surface area contributed by atoms with Gasteiger partial charge in [0.2, 0.25) is 5.82 Å². The van der Waals surface area contributed by atoms with Crippen molar-refractivity contribution >= 4 is 17.2 Å². The maximum Gasteiger partial charge on any atom is 0.265 e. The maximum absolute atomic E-state index is 14.0. The van der Waals surface area contributed by atoms with Crippen LogP contribution in [0.15, 0.2) is 12.3 Å². The predicted octanol–water partition coefficient (Wildman–Crippen LogP) is 2.78. The Morgan fingerprint density at radius 3 is 2.76 bits per heavy atom. The van der Waals surface area contributed by atoms with Gasteiger partial charge in [-0.15, -0.1) is 11.3 Å². The van der Waals surface area contributed by atoms with E-state index in [2.05, 4.69) is 4.98 Å². The summed E-state index contributed by atoms with van der Waals surface area (Å²) < 4.78 is 40.6. The van der Waals surface area contributed by atoms with Gasteiger partial charge in [-0.3, -0.25) is 4.79 Å². The van der Waals surface area contributed by atoms with Gasteiger partial charge in [-0.1, -0.05) is 6.92 Å². The van der Waals surface area contributed by atoms with Crippen molar-refractivity contribution in [3.8, 4) is 16.3 Å². The lowest BCUT2D eigenvalue weighted by Crippen LogP contribution is -2.44. The quantitative estimate of drug-likeness (QED) is 0.795.